The summed E-state index contributed by atoms with van der Waals surface area (Å²) in [5, 5.41) is 6.63. The molecule has 1 unspecified atom stereocenters. The lowest BCUT2D eigenvalue weighted by Crippen LogP contribution is -2.35. The Morgan fingerprint density at radius 1 is 1.58 bits per heavy atom. The van der Waals surface area contributed by atoms with Gasteiger partial charge in [-0.15, -0.1) is 6.58 Å². The van der Waals surface area contributed by atoms with E-state index in [2.05, 4.69) is 27.0 Å². The van der Waals surface area contributed by atoms with Crippen LogP contribution in [0.2, 0.25) is 0 Å². The van der Waals surface area contributed by atoms with Crippen LogP contribution in [0.15, 0.2) is 43.6 Å². The number of nitrogens with one attached hydrogen (secondary N) is 1. The van der Waals surface area contributed by atoms with Gasteiger partial charge in [0.1, 0.15) is 12.7 Å². The molecule has 0 aliphatic rings. The van der Waals surface area contributed by atoms with Gasteiger partial charge in [0.15, 0.2) is 5.82 Å². The van der Waals surface area contributed by atoms with Crippen molar-refractivity contribution in [2.24, 2.45) is 5.73 Å². The average Bonchev–Trinajstić information content (AvgIpc) is 2.94. The first kappa shape index (κ1) is 12.9. The molecule has 19 heavy (non-hydrogen) atoms. The fourth-order valence-corrected chi connectivity index (χ4v) is 1.44. The summed E-state index contributed by atoms with van der Waals surface area (Å²) in [6, 6.07) is 2.85. The van der Waals surface area contributed by atoms with Crippen LogP contribution >= 0.6 is 0 Å². The number of hydrogen-bond donors (Lipinski definition) is 2. The number of nitrogens with two attached hydrogens (primary N) is 1. The second-order valence-electron chi connectivity index (χ2n) is 3.87. The third kappa shape index (κ3) is 3.23. The molecule has 2 aromatic heterocycles. The van der Waals surface area contributed by atoms with Crippen molar-refractivity contribution in [1.82, 2.24) is 19.7 Å². The zero-order chi connectivity index (χ0) is 13.7. The minimum atomic E-state index is -0.604. The molecule has 0 spiro atoms. The zero-order valence-electron chi connectivity index (χ0n) is 10.2. The SMILES string of the molecule is C=CCC(N)C(=O)Nc1ccc(-n2cncn2)nc1. The van der Waals surface area contributed by atoms with Crippen molar-refractivity contribution in [3.8, 4) is 5.82 Å². The van der Waals surface area contributed by atoms with Crippen LogP contribution in [0.5, 0.6) is 0 Å². The molecule has 2 rings (SSSR count). The molecule has 0 radical (unpaired) electrons. The summed E-state index contributed by atoms with van der Waals surface area (Å²) in [4.78, 5) is 19.7. The van der Waals surface area contributed by atoms with Crippen LogP contribution in [-0.4, -0.2) is 31.7 Å². The highest BCUT2D eigenvalue weighted by atomic mass is 16.2. The van der Waals surface area contributed by atoms with Crippen LogP contribution in [0.1, 0.15) is 6.42 Å². The summed E-state index contributed by atoms with van der Waals surface area (Å²) in [6.07, 6.45) is 6.54. The lowest BCUT2D eigenvalue weighted by molar-refractivity contribution is -0.117. The number of carbonyl (C=O) groups is 1. The van der Waals surface area contributed by atoms with Gasteiger partial charge >= 0.3 is 0 Å². The van der Waals surface area contributed by atoms with Gasteiger partial charge in [-0.2, -0.15) is 5.10 Å². The maximum absolute atomic E-state index is 11.7. The smallest absolute Gasteiger partial charge is 0.241 e. The largest absolute Gasteiger partial charge is 0.323 e. The fourth-order valence-electron chi connectivity index (χ4n) is 1.44. The molecule has 0 bridgehead atoms. The van der Waals surface area contributed by atoms with E-state index in [1.54, 1.807) is 24.5 Å². The predicted octanol–water partition coefficient (Wildman–Crippen LogP) is 0.504. The third-order valence-electron chi connectivity index (χ3n) is 2.43. The van der Waals surface area contributed by atoms with Crippen LogP contribution in [0.3, 0.4) is 0 Å². The number of anilines is 1. The van der Waals surface area contributed by atoms with Crippen molar-refractivity contribution in [2.75, 3.05) is 5.32 Å². The van der Waals surface area contributed by atoms with Crippen molar-refractivity contribution >= 4 is 11.6 Å². The molecule has 0 aliphatic heterocycles. The molecule has 1 amide bonds. The van der Waals surface area contributed by atoms with Gasteiger partial charge in [0.25, 0.3) is 0 Å². The van der Waals surface area contributed by atoms with Gasteiger partial charge < -0.3 is 11.1 Å². The van der Waals surface area contributed by atoms with Gasteiger partial charge in [-0.05, 0) is 18.6 Å². The number of hydrogen-bond acceptors (Lipinski definition) is 5. The fraction of sp³-hybridized carbons (Fsp3) is 0.167. The van der Waals surface area contributed by atoms with Crippen LogP contribution in [-0.2, 0) is 4.79 Å². The van der Waals surface area contributed by atoms with Gasteiger partial charge in [0.05, 0.1) is 17.9 Å². The number of aromatic nitrogens is 4. The molecule has 2 heterocycles. The van der Waals surface area contributed by atoms with E-state index in [9.17, 15) is 4.79 Å². The molecule has 0 aromatic carbocycles. The van der Waals surface area contributed by atoms with Gasteiger partial charge in [-0.3, -0.25) is 4.79 Å². The molecule has 0 fully saturated rings. The van der Waals surface area contributed by atoms with E-state index in [-0.39, 0.29) is 5.91 Å². The molecule has 98 valence electrons. The van der Waals surface area contributed by atoms with Crippen molar-refractivity contribution in [2.45, 2.75) is 12.5 Å². The summed E-state index contributed by atoms with van der Waals surface area (Å²) in [5.41, 5.74) is 6.23. The first-order chi connectivity index (χ1) is 9.20. The van der Waals surface area contributed by atoms with Crippen LogP contribution in [0, 0.1) is 0 Å². The molecule has 7 nitrogen and oxygen atoms in total. The van der Waals surface area contributed by atoms with E-state index in [0.29, 0.717) is 17.9 Å². The van der Waals surface area contributed by atoms with Crippen LogP contribution in [0.4, 0.5) is 5.69 Å². The lowest BCUT2D eigenvalue weighted by atomic mass is 10.2. The lowest BCUT2D eigenvalue weighted by Gasteiger charge is -2.10. The second-order valence-corrected chi connectivity index (χ2v) is 3.87. The number of amides is 1. The summed E-state index contributed by atoms with van der Waals surface area (Å²) >= 11 is 0. The zero-order valence-corrected chi connectivity index (χ0v) is 10.2. The molecule has 3 N–H and O–H groups in total. The Morgan fingerprint density at radius 2 is 2.42 bits per heavy atom. The topological polar surface area (TPSA) is 98.7 Å². The molecule has 0 saturated carbocycles. The first-order valence-corrected chi connectivity index (χ1v) is 5.69. The van der Waals surface area contributed by atoms with Gasteiger partial charge in [0, 0.05) is 0 Å². The summed E-state index contributed by atoms with van der Waals surface area (Å²) in [6.45, 7) is 3.54. The Balaban J connectivity index is 2.03. The molecule has 7 heteroatoms. The highest BCUT2D eigenvalue weighted by Gasteiger charge is 2.11. The van der Waals surface area contributed by atoms with E-state index in [0.717, 1.165) is 0 Å². The minimum Gasteiger partial charge on any atom is -0.323 e. The minimum absolute atomic E-state index is 0.268. The summed E-state index contributed by atoms with van der Waals surface area (Å²) < 4.78 is 1.52. The van der Waals surface area contributed by atoms with E-state index >= 15 is 0 Å². The molecular formula is C12H14N6O. The third-order valence-corrected chi connectivity index (χ3v) is 2.43. The van der Waals surface area contributed by atoms with Gasteiger partial charge in [-0.25, -0.2) is 14.6 Å². The standard InChI is InChI=1S/C12H14N6O/c1-2-3-10(13)12(19)17-9-4-5-11(15-6-9)18-8-14-7-16-18/h2,4-8,10H,1,3,13H2,(H,17,19). The first-order valence-electron chi connectivity index (χ1n) is 5.69. The Hall–Kier alpha value is -2.54. The van der Waals surface area contributed by atoms with E-state index in [1.807, 2.05) is 0 Å². The molecule has 1 atom stereocenters. The second kappa shape index (κ2) is 5.87. The number of rotatable bonds is 5. The molecule has 0 aliphatic carbocycles. The van der Waals surface area contributed by atoms with E-state index in [4.69, 9.17) is 5.73 Å². The van der Waals surface area contributed by atoms with Crippen molar-refractivity contribution in [3.05, 3.63) is 43.6 Å². The number of nitrogens with zero attached hydrogens (tertiary/aromatic N) is 4. The Labute approximate surface area is 110 Å². The molecule has 2 aromatic rings. The average molecular weight is 258 g/mol. The highest BCUT2D eigenvalue weighted by Crippen LogP contribution is 2.09. The Bertz CT molecular complexity index is 548. The van der Waals surface area contributed by atoms with Crippen molar-refractivity contribution < 1.29 is 4.79 Å². The quantitative estimate of drug-likeness (QED) is 0.761. The van der Waals surface area contributed by atoms with Gasteiger partial charge in [-0.1, -0.05) is 6.08 Å². The Morgan fingerprint density at radius 3 is 3.00 bits per heavy atom. The maximum atomic E-state index is 11.7. The number of pyridine rings is 1. The number of carbonyl (C=O) groups excluding carboxylic acids is 1. The van der Waals surface area contributed by atoms with E-state index in [1.165, 1.54) is 17.2 Å². The van der Waals surface area contributed by atoms with Crippen molar-refractivity contribution in [1.29, 1.82) is 0 Å². The predicted molar refractivity (Wildman–Crippen MR) is 70.6 cm³/mol. The monoisotopic (exact) mass is 258 g/mol. The summed E-state index contributed by atoms with van der Waals surface area (Å²) in [5.74, 6) is 0.348. The maximum Gasteiger partial charge on any atom is 0.241 e. The Kier molecular flexibility index (Phi) is 3.99. The van der Waals surface area contributed by atoms with Crippen LogP contribution < -0.4 is 11.1 Å². The normalized spacial score (nSPS) is 11.8. The van der Waals surface area contributed by atoms with Gasteiger partial charge in [0.2, 0.25) is 5.91 Å². The molecular weight excluding hydrogens is 244 g/mol. The summed E-state index contributed by atoms with van der Waals surface area (Å²) in [7, 11) is 0. The van der Waals surface area contributed by atoms with Crippen molar-refractivity contribution in [3.63, 3.8) is 0 Å². The van der Waals surface area contributed by atoms with Crippen LogP contribution in [0.25, 0.3) is 5.82 Å². The molecule has 0 saturated heterocycles. The van der Waals surface area contributed by atoms with E-state index < -0.39 is 6.04 Å². The highest BCUT2D eigenvalue weighted by molar-refractivity contribution is 5.94.